The normalized spacial score (nSPS) is 15.7. The maximum atomic E-state index is 12.0. The monoisotopic (exact) mass is 386 g/mol. The number of carbonyl (C=O) groups excluding carboxylic acids is 1. The number of carbonyl (C=O) groups is 1. The second kappa shape index (κ2) is 9.28. The van der Waals surface area contributed by atoms with E-state index in [0.717, 1.165) is 31.4 Å². The number of amidine groups is 1. The van der Waals surface area contributed by atoms with Crippen LogP contribution in [-0.4, -0.2) is 24.7 Å². The van der Waals surface area contributed by atoms with Crippen LogP contribution >= 0.6 is 11.6 Å². The predicted molar refractivity (Wildman–Crippen MR) is 109 cm³/mol. The SMILES string of the molecule is NC1=N[C@@H](CCCCc2ccc(NC(=O)Nc3ccc(Cl)cc3)cc2)CO1. The number of unbranched alkanes of at least 4 members (excludes halogenated alkanes) is 1. The molecule has 0 saturated heterocycles. The summed E-state index contributed by atoms with van der Waals surface area (Å²) in [4.78, 5) is 16.3. The molecular formula is C20H23ClN4O2. The molecule has 0 bridgehead atoms. The van der Waals surface area contributed by atoms with E-state index in [-0.39, 0.29) is 12.1 Å². The number of hydrogen-bond acceptors (Lipinski definition) is 4. The maximum absolute atomic E-state index is 12.0. The number of nitrogens with one attached hydrogen (secondary N) is 2. The summed E-state index contributed by atoms with van der Waals surface area (Å²) in [6, 6.07) is 15.1. The molecule has 27 heavy (non-hydrogen) atoms. The Kier molecular flexibility index (Phi) is 6.54. The number of aliphatic imine (C=N–C) groups is 1. The molecule has 1 aliphatic heterocycles. The first-order valence-corrected chi connectivity index (χ1v) is 9.35. The Balaban J connectivity index is 1.39. The Hall–Kier alpha value is -2.73. The minimum Gasteiger partial charge on any atom is -0.463 e. The van der Waals surface area contributed by atoms with Gasteiger partial charge in [-0.3, -0.25) is 0 Å². The van der Waals surface area contributed by atoms with E-state index in [0.29, 0.717) is 23.3 Å². The summed E-state index contributed by atoms with van der Waals surface area (Å²) < 4.78 is 5.15. The topological polar surface area (TPSA) is 88.7 Å². The molecule has 6 nitrogen and oxygen atoms in total. The molecule has 0 saturated carbocycles. The molecule has 142 valence electrons. The van der Waals surface area contributed by atoms with Crippen molar-refractivity contribution in [1.82, 2.24) is 0 Å². The maximum Gasteiger partial charge on any atom is 0.323 e. The van der Waals surface area contributed by atoms with Crippen molar-refractivity contribution in [1.29, 1.82) is 0 Å². The number of rotatable bonds is 7. The first-order chi connectivity index (χ1) is 13.1. The van der Waals surface area contributed by atoms with Crippen molar-refractivity contribution in [3.05, 3.63) is 59.1 Å². The fourth-order valence-electron chi connectivity index (χ4n) is 2.87. The minimum absolute atomic E-state index is 0.204. The molecule has 3 rings (SSSR count). The molecule has 0 aliphatic carbocycles. The standard InChI is InChI=1S/C20H23ClN4O2/c21-15-7-11-17(12-8-15)25-20(26)24-16-9-5-14(6-10-16)3-1-2-4-18-13-27-19(22)23-18/h5-12,18H,1-4,13H2,(H2,22,23)(H2,24,25,26)/t18-/m0/s1. The van der Waals surface area contributed by atoms with Crippen LogP contribution in [0.2, 0.25) is 5.02 Å². The van der Waals surface area contributed by atoms with Gasteiger partial charge in [0.1, 0.15) is 6.61 Å². The molecule has 2 aromatic carbocycles. The summed E-state index contributed by atoms with van der Waals surface area (Å²) in [5, 5.41) is 6.21. The molecule has 4 N–H and O–H groups in total. The zero-order chi connectivity index (χ0) is 19.1. The van der Waals surface area contributed by atoms with Crippen LogP contribution in [0.1, 0.15) is 24.8 Å². The molecule has 1 aliphatic rings. The highest BCUT2D eigenvalue weighted by Gasteiger charge is 2.15. The van der Waals surface area contributed by atoms with Crippen molar-refractivity contribution in [3.63, 3.8) is 0 Å². The predicted octanol–water partition coefficient (Wildman–Crippen LogP) is 4.41. The number of ether oxygens (including phenoxy) is 1. The fourth-order valence-corrected chi connectivity index (χ4v) is 3.00. The van der Waals surface area contributed by atoms with Crippen LogP contribution < -0.4 is 16.4 Å². The summed E-state index contributed by atoms with van der Waals surface area (Å²) in [5.74, 6) is 0. The van der Waals surface area contributed by atoms with E-state index in [1.807, 2.05) is 24.3 Å². The van der Waals surface area contributed by atoms with Gasteiger partial charge >= 0.3 is 6.03 Å². The Labute approximate surface area is 163 Å². The Bertz CT molecular complexity index is 791. The number of nitrogens with two attached hydrogens (primary N) is 1. The summed E-state index contributed by atoms with van der Waals surface area (Å²) in [6.45, 7) is 0.601. The van der Waals surface area contributed by atoms with Crippen LogP contribution in [0.4, 0.5) is 16.2 Å². The van der Waals surface area contributed by atoms with Gasteiger partial charge in [-0.05, 0) is 61.2 Å². The largest absolute Gasteiger partial charge is 0.463 e. The minimum atomic E-state index is -0.288. The van der Waals surface area contributed by atoms with Crippen molar-refractivity contribution in [2.24, 2.45) is 10.7 Å². The van der Waals surface area contributed by atoms with Gasteiger partial charge in [-0.1, -0.05) is 30.2 Å². The number of nitrogens with zero attached hydrogens (tertiary/aromatic N) is 1. The smallest absolute Gasteiger partial charge is 0.323 e. The summed E-state index contributed by atoms with van der Waals surface area (Å²) >= 11 is 5.83. The Morgan fingerprint density at radius 3 is 2.30 bits per heavy atom. The van der Waals surface area contributed by atoms with Crippen LogP contribution in [0.15, 0.2) is 53.5 Å². The van der Waals surface area contributed by atoms with Crippen LogP contribution in [0, 0.1) is 0 Å². The lowest BCUT2D eigenvalue weighted by molar-refractivity contribution is 0.262. The Morgan fingerprint density at radius 1 is 1.07 bits per heavy atom. The highest BCUT2D eigenvalue weighted by molar-refractivity contribution is 6.30. The molecule has 0 radical (unpaired) electrons. The van der Waals surface area contributed by atoms with Gasteiger partial charge in [-0.2, -0.15) is 0 Å². The first kappa shape index (κ1) is 19.0. The molecule has 2 amide bonds. The quantitative estimate of drug-likeness (QED) is 0.616. The van der Waals surface area contributed by atoms with E-state index in [1.54, 1.807) is 24.3 Å². The highest BCUT2D eigenvalue weighted by Crippen LogP contribution is 2.16. The molecule has 7 heteroatoms. The van der Waals surface area contributed by atoms with Crippen LogP contribution in [0.25, 0.3) is 0 Å². The second-order valence-corrected chi connectivity index (χ2v) is 6.90. The van der Waals surface area contributed by atoms with Crippen LogP contribution in [0.3, 0.4) is 0 Å². The van der Waals surface area contributed by atoms with E-state index in [4.69, 9.17) is 22.1 Å². The first-order valence-electron chi connectivity index (χ1n) is 8.97. The number of hydrogen-bond donors (Lipinski definition) is 3. The van der Waals surface area contributed by atoms with Crippen LogP contribution in [0.5, 0.6) is 0 Å². The van der Waals surface area contributed by atoms with E-state index >= 15 is 0 Å². The lowest BCUT2D eigenvalue weighted by Gasteiger charge is -2.09. The van der Waals surface area contributed by atoms with Crippen molar-refractivity contribution in [3.8, 4) is 0 Å². The number of halogens is 1. The molecule has 0 aromatic heterocycles. The van der Waals surface area contributed by atoms with E-state index in [2.05, 4.69) is 15.6 Å². The molecule has 0 unspecified atom stereocenters. The zero-order valence-corrected chi connectivity index (χ0v) is 15.7. The molecule has 0 spiro atoms. The summed E-state index contributed by atoms with van der Waals surface area (Å²) in [6.07, 6.45) is 4.14. The van der Waals surface area contributed by atoms with Gasteiger partial charge in [-0.25, -0.2) is 9.79 Å². The number of benzene rings is 2. The summed E-state index contributed by atoms with van der Waals surface area (Å²) in [5.41, 5.74) is 8.18. The third-order valence-electron chi connectivity index (χ3n) is 4.30. The fraction of sp³-hybridized carbons (Fsp3) is 0.300. The van der Waals surface area contributed by atoms with Crippen LogP contribution in [-0.2, 0) is 11.2 Å². The third kappa shape index (κ3) is 6.18. The third-order valence-corrected chi connectivity index (χ3v) is 4.55. The number of anilines is 2. The number of urea groups is 1. The molecule has 2 aromatic rings. The van der Waals surface area contributed by atoms with Crippen molar-refractivity contribution >= 4 is 35.0 Å². The molecular weight excluding hydrogens is 364 g/mol. The number of amides is 2. The van der Waals surface area contributed by atoms with Gasteiger partial charge in [-0.15, -0.1) is 0 Å². The molecule has 1 heterocycles. The van der Waals surface area contributed by atoms with E-state index in [9.17, 15) is 4.79 Å². The van der Waals surface area contributed by atoms with Gasteiger partial charge < -0.3 is 21.1 Å². The Morgan fingerprint density at radius 2 is 1.70 bits per heavy atom. The number of aryl methyl sites for hydroxylation is 1. The van der Waals surface area contributed by atoms with Crippen molar-refractivity contribution in [2.45, 2.75) is 31.7 Å². The van der Waals surface area contributed by atoms with E-state index < -0.39 is 0 Å². The average Bonchev–Trinajstić information content (AvgIpc) is 3.07. The highest BCUT2D eigenvalue weighted by atomic mass is 35.5. The zero-order valence-electron chi connectivity index (χ0n) is 15.0. The lowest BCUT2D eigenvalue weighted by atomic mass is 10.0. The van der Waals surface area contributed by atoms with Gasteiger partial charge in [0.2, 0.25) is 0 Å². The van der Waals surface area contributed by atoms with Gasteiger partial charge in [0.05, 0.1) is 6.04 Å². The van der Waals surface area contributed by atoms with Crippen molar-refractivity contribution in [2.75, 3.05) is 17.2 Å². The molecule has 0 fully saturated rings. The molecule has 1 atom stereocenters. The van der Waals surface area contributed by atoms with Gasteiger partial charge in [0.25, 0.3) is 6.02 Å². The summed E-state index contributed by atoms with van der Waals surface area (Å²) in [7, 11) is 0. The second-order valence-electron chi connectivity index (χ2n) is 6.46. The van der Waals surface area contributed by atoms with E-state index in [1.165, 1.54) is 5.56 Å². The lowest BCUT2D eigenvalue weighted by Crippen LogP contribution is -2.19. The van der Waals surface area contributed by atoms with Gasteiger partial charge in [0.15, 0.2) is 0 Å². The van der Waals surface area contributed by atoms with Gasteiger partial charge in [0, 0.05) is 16.4 Å². The van der Waals surface area contributed by atoms with Crippen molar-refractivity contribution < 1.29 is 9.53 Å². The average molecular weight is 387 g/mol.